The second-order valence-corrected chi connectivity index (χ2v) is 9.94. The number of ether oxygens (including phenoxy) is 1. The molecule has 190 valence electrons. The summed E-state index contributed by atoms with van der Waals surface area (Å²) in [5.41, 5.74) is 5.09. The number of benzene rings is 3. The minimum absolute atomic E-state index is 0.0447. The van der Waals surface area contributed by atoms with Gasteiger partial charge in [0.25, 0.3) is 0 Å². The van der Waals surface area contributed by atoms with Gasteiger partial charge in [0.2, 0.25) is 5.82 Å². The van der Waals surface area contributed by atoms with Gasteiger partial charge in [-0.25, -0.2) is 4.39 Å². The van der Waals surface area contributed by atoms with Crippen LogP contribution in [0.3, 0.4) is 0 Å². The zero-order valence-electron chi connectivity index (χ0n) is 21.6. The van der Waals surface area contributed by atoms with Crippen LogP contribution in [-0.2, 0) is 12.8 Å². The van der Waals surface area contributed by atoms with Gasteiger partial charge in [-0.2, -0.15) is 4.39 Å². The van der Waals surface area contributed by atoms with E-state index in [9.17, 15) is 8.78 Å². The van der Waals surface area contributed by atoms with E-state index in [0.717, 1.165) is 12.8 Å². The van der Waals surface area contributed by atoms with Gasteiger partial charge in [0.15, 0.2) is 11.6 Å². The lowest BCUT2D eigenvalue weighted by molar-refractivity contribution is 0.314. The predicted octanol–water partition coefficient (Wildman–Crippen LogP) is 9.45. The van der Waals surface area contributed by atoms with Crippen molar-refractivity contribution in [3.63, 3.8) is 0 Å². The summed E-state index contributed by atoms with van der Waals surface area (Å²) >= 11 is 0. The summed E-state index contributed by atoms with van der Waals surface area (Å²) in [6.45, 7) is 4.28. The summed E-state index contributed by atoms with van der Waals surface area (Å²) in [6.07, 6.45) is 14.1. The standard InChI is InChI=1S/C33H38F2O/c1-3-7-24-10-16-27(17-11-24)28-18-12-25(13-19-28)8-5-6-9-26-14-20-29(21-15-26)30-22-23-31(36-4-2)33(35)32(30)34/h5,8,10-11,14-17,20-23,25,28H,3-4,6-7,9,12-13,18-19H2,1-2H3/b8-5+. The maximum atomic E-state index is 14.5. The van der Waals surface area contributed by atoms with Crippen LogP contribution in [0, 0.1) is 17.6 Å². The highest BCUT2D eigenvalue weighted by atomic mass is 19.2. The Hall–Kier alpha value is -2.94. The van der Waals surface area contributed by atoms with Crippen LogP contribution < -0.4 is 4.74 Å². The molecule has 0 amide bonds. The molecule has 0 bridgehead atoms. The summed E-state index contributed by atoms with van der Waals surface area (Å²) in [4.78, 5) is 0. The third kappa shape index (κ3) is 6.63. The molecule has 0 atom stereocenters. The molecule has 3 heteroatoms. The van der Waals surface area contributed by atoms with Crippen molar-refractivity contribution >= 4 is 0 Å². The summed E-state index contributed by atoms with van der Waals surface area (Å²) in [5.74, 6) is -0.447. The minimum Gasteiger partial charge on any atom is -0.491 e. The highest BCUT2D eigenvalue weighted by Crippen LogP contribution is 2.36. The van der Waals surface area contributed by atoms with Gasteiger partial charge in [-0.15, -0.1) is 0 Å². The molecule has 0 heterocycles. The van der Waals surface area contributed by atoms with Crippen molar-refractivity contribution in [2.24, 2.45) is 5.92 Å². The number of aryl methyl sites for hydroxylation is 2. The molecule has 3 aromatic rings. The second-order valence-electron chi connectivity index (χ2n) is 9.94. The van der Waals surface area contributed by atoms with E-state index in [4.69, 9.17) is 4.74 Å². The smallest absolute Gasteiger partial charge is 0.201 e. The predicted molar refractivity (Wildman–Crippen MR) is 146 cm³/mol. The molecule has 36 heavy (non-hydrogen) atoms. The number of rotatable bonds is 10. The Morgan fingerprint density at radius 2 is 1.44 bits per heavy atom. The van der Waals surface area contributed by atoms with Crippen LogP contribution in [0.15, 0.2) is 72.8 Å². The van der Waals surface area contributed by atoms with E-state index in [-0.39, 0.29) is 11.3 Å². The minimum atomic E-state index is -0.928. The summed E-state index contributed by atoms with van der Waals surface area (Å²) in [7, 11) is 0. The van der Waals surface area contributed by atoms with E-state index in [0.29, 0.717) is 24.0 Å². The topological polar surface area (TPSA) is 9.23 Å². The van der Waals surface area contributed by atoms with Gasteiger partial charge in [-0.3, -0.25) is 0 Å². The van der Waals surface area contributed by atoms with E-state index >= 15 is 0 Å². The van der Waals surface area contributed by atoms with Crippen LogP contribution >= 0.6 is 0 Å². The van der Waals surface area contributed by atoms with E-state index < -0.39 is 11.6 Å². The lowest BCUT2D eigenvalue weighted by Gasteiger charge is -2.27. The lowest BCUT2D eigenvalue weighted by atomic mass is 9.78. The van der Waals surface area contributed by atoms with E-state index in [2.05, 4.69) is 43.3 Å². The first-order valence-electron chi connectivity index (χ1n) is 13.5. The first-order valence-corrected chi connectivity index (χ1v) is 13.5. The molecule has 1 nitrogen and oxygen atoms in total. The molecule has 3 aromatic carbocycles. The monoisotopic (exact) mass is 488 g/mol. The van der Waals surface area contributed by atoms with Crippen molar-refractivity contribution in [2.75, 3.05) is 6.61 Å². The van der Waals surface area contributed by atoms with Crippen LogP contribution in [-0.4, -0.2) is 6.61 Å². The van der Waals surface area contributed by atoms with Crippen LogP contribution in [0.4, 0.5) is 8.78 Å². The zero-order valence-corrected chi connectivity index (χ0v) is 21.6. The molecule has 0 saturated heterocycles. The average Bonchev–Trinajstić information content (AvgIpc) is 2.91. The molecule has 0 radical (unpaired) electrons. The zero-order chi connectivity index (χ0) is 25.3. The van der Waals surface area contributed by atoms with E-state index in [1.807, 2.05) is 24.3 Å². The maximum absolute atomic E-state index is 14.5. The molecule has 0 unspecified atom stereocenters. The van der Waals surface area contributed by atoms with Gasteiger partial charge in [0.1, 0.15) is 0 Å². The Morgan fingerprint density at radius 1 is 0.778 bits per heavy atom. The third-order valence-corrected chi connectivity index (χ3v) is 7.38. The molecule has 0 aliphatic heterocycles. The van der Waals surface area contributed by atoms with Gasteiger partial charge < -0.3 is 4.74 Å². The molecule has 0 spiro atoms. The van der Waals surface area contributed by atoms with Crippen molar-refractivity contribution < 1.29 is 13.5 Å². The fraction of sp³-hybridized carbons (Fsp3) is 0.394. The first kappa shape index (κ1) is 26.1. The van der Waals surface area contributed by atoms with Crippen LogP contribution in [0.2, 0.25) is 0 Å². The highest BCUT2D eigenvalue weighted by Gasteiger charge is 2.20. The highest BCUT2D eigenvalue weighted by molar-refractivity contribution is 5.65. The number of hydrogen-bond acceptors (Lipinski definition) is 1. The van der Waals surface area contributed by atoms with Crippen molar-refractivity contribution in [3.8, 4) is 16.9 Å². The summed E-state index contributed by atoms with van der Waals surface area (Å²) < 4.78 is 33.9. The fourth-order valence-electron chi connectivity index (χ4n) is 5.30. The largest absolute Gasteiger partial charge is 0.491 e. The quantitative estimate of drug-likeness (QED) is 0.258. The average molecular weight is 489 g/mol. The number of hydrogen-bond donors (Lipinski definition) is 0. The van der Waals surface area contributed by atoms with Crippen molar-refractivity contribution in [1.29, 1.82) is 0 Å². The Balaban J connectivity index is 1.24. The molecular formula is C33H38F2O. The van der Waals surface area contributed by atoms with Gasteiger partial charge in [-0.1, -0.05) is 74.0 Å². The first-order chi connectivity index (χ1) is 17.6. The lowest BCUT2D eigenvalue weighted by Crippen LogP contribution is -2.11. The SMILES string of the molecule is CCCc1ccc(C2CCC(/C=C/CCc3ccc(-c4ccc(OCC)c(F)c4F)cc3)CC2)cc1. The van der Waals surface area contributed by atoms with Crippen molar-refractivity contribution in [2.45, 2.75) is 71.1 Å². The van der Waals surface area contributed by atoms with Gasteiger partial charge >= 0.3 is 0 Å². The fourth-order valence-corrected chi connectivity index (χ4v) is 5.30. The third-order valence-electron chi connectivity index (χ3n) is 7.38. The molecule has 1 aliphatic rings. The van der Waals surface area contributed by atoms with Crippen molar-refractivity contribution in [1.82, 2.24) is 0 Å². The molecule has 1 aliphatic carbocycles. The number of allylic oxidation sites excluding steroid dienone is 2. The van der Waals surface area contributed by atoms with Crippen LogP contribution in [0.25, 0.3) is 11.1 Å². The normalized spacial score (nSPS) is 18.0. The van der Waals surface area contributed by atoms with Gasteiger partial charge in [0, 0.05) is 5.56 Å². The Bertz CT molecular complexity index is 1120. The molecule has 1 saturated carbocycles. The number of halogens is 2. The second kappa shape index (κ2) is 12.9. The summed E-state index contributed by atoms with van der Waals surface area (Å²) in [6, 6.07) is 20.1. The van der Waals surface area contributed by atoms with Gasteiger partial charge in [-0.05, 0) is 98.1 Å². The molecule has 1 fully saturated rings. The Labute approximate surface area is 215 Å². The Morgan fingerprint density at radius 3 is 2.11 bits per heavy atom. The molecule has 0 aromatic heterocycles. The van der Waals surface area contributed by atoms with Crippen molar-refractivity contribution in [3.05, 3.63) is 101 Å². The summed E-state index contributed by atoms with van der Waals surface area (Å²) in [5, 5.41) is 0. The van der Waals surface area contributed by atoms with Crippen LogP contribution in [0.1, 0.15) is 75.0 Å². The van der Waals surface area contributed by atoms with Gasteiger partial charge in [0.05, 0.1) is 6.61 Å². The molecule has 4 rings (SSSR count). The maximum Gasteiger partial charge on any atom is 0.201 e. The van der Waals surface area contributed by atoms with E-state index in [1.54, 1.807) is 13.0 Å². The van der Waals surface area contributed by atoms with Crippen LogP contribution in [0.5, 0.6) is 5.75 Å². The Kier molecular flexibility index (Phi) is 9.33. The van der Waals surface area contributed by atoms with E-state index in [1.165, 1.54) is 61.3 Å². The molecular weight excluding hydrogens is 450 g/mol. The molecule has 0 N–H and O–H groups in total.